The van der Waals surface area contributed by atoms with Crippen molar-refractivity contribution in [1.29, 1.82) is 0 Å². The molecule has 0 N–H and O–H groups in total. The number of rotatable bonds is 3. The Kier molecular flexibility index (Phi) is 5.33. The monoisotopic (exact) mass is 436 g/mol. The minimum Gasteiger partial charge on any atom is -0.368 e. The first-order chi connectivity index (χ1) is 13.7. The van der Waals surface area contributed by atoms with Crippen LogP contribution in [-0.4, -0.2) is 66.7 Å². The molecule has 0 saturated carbocycles. The molecule has 2 aromatic rings. The van der Waals surface area contributed by atoms with Gasteiger partial charge in [0.1, 0.15) is 0 Å². The average Bonchev–Trinajstić information content (AvgIpc) is 3.20. The Morgan fingerprint density at radius 3 is 2.34 bits per heavy atom. The molecule has 9 heteroatoms. The molecule has 3 heterocycles. The van der Waals surface area contributed by atoms with Crippen molar-refractivity contribution >= 4 is 33.0 Å². The number of anilines is 1. The van der Waals surface area contributed by atoms with E-state index >= 15 is 0 Å². The zero-order valence-corrected chi connectivity index (χ0v) is 18.2. The molecular weight excluding hydrogens is 412 g/mol. The average molecular weight is 437 g/mol. The van der Waals surface area contributed by atoms with Gasteiger partial charge in [-0.3, -0.25) is 9.48 Å². The molecular formula is C20H25ClN4O3S. The third kappa shape index (κ3) is 4.00. The fourth-order valence-electron chi connectivity index (χ4n) is 4.27. The number of carbonyl (C=O) groups is 1. The first-order valence-electron chi connectivity index (χ1n) is 9.81. The van der Waals surface area contributed by atoms with Gasteiger partial charge in [0, 0.05) is 42.6 Å². The smallest absolute Gasteiger partial charge is 0.257 e. The summed E-state index contributed by atoms with van der Waals surface area (Å²) in [6.07, 6.45) is 0.553. The maximum absolute atomic E-state index is 13.2. The molecule has 1 aromatic heterocycles. The summed E-state index contributed by atoms with van der Waals surface area (Å²) in [5.74, 6) is 0.261. The van der Waals surface area contributed by atoms with Crippen LogP contribution in [0.2, 0.25) is 5.02 Å². The quantitative estimate of drug-likeness (QED) is 0.738. The molecule has 0 bridgehead atoms. The van der Waals surface area contributed by atoms with Crippen molar-refractivity contribution < 1.29 is 13.2 Å². The minimum atomic E-state index is -3.01. The largest absolute Gasteiger partial charge is 0.368 e. The lowest BCUT2D eigenvalue weighted by molar-refractivity contribution is 0.0745. The molecule has 0 unspecified atom stereocenters. The van der Waals surface area contributed by atoms with Gasteiger partial charge in [-0.15, -0.1) is 0 Å². The fourth-order valence-corrected chi connectivity index (χ4v) is 6.09. The van der Waals surface area contributed by atoms with Gasteiger partial charge in [-0.25, -0.2) is 8.42 Å². The molecule has 0 aliphatic carbocycles. The van der Waals surface area contributed by atoms with Crippen molar-refractivity contribution in [1.82, 2.24) is 14.7 Å². The number of amides is 1. The lowest BCUT2D eigenvalue weighted by Crippen LogP contribution is -2.49. The summed E-state index contributed by atoms with van der Waals surface area (Å²) >= 11 is 5.96. The number of halogens is 1. The van der Waals surface area contributed by atoms with Crippen LogP contribution in [0.3, 0.4) is 0 Å². The summed E-state index contributed by atoms with van der Waals surface area (Å²) in [5, 5.41) is 5.24. The molecule has 1 amide bonds. The highest BCUT2D eigenvalue weighted by Crippen LogP contribution is 2.28. The fraction of sp³-hybridized carbons (Fsp3) is 0.500. The van der Waals surface area contributed by atoms with Crippen LogP contribution >= 0.6 is 11.6 Å². The zero-order valence-electron chi connectivity index (χ0n) is 16.6. The van der Waals surface area contributed by atoms with Crippen LogP contribution in [0.15, 0.2) is 24.3 Å². The molecule has 2 saturated heterocycles. The van der Waals surface area contributed by atoms with Crippen molar-refractivity contribution in [2.45, 2.75) is 26.3 Å². The second kappa shape index (κ2) is 7.65. The number of sulfone groups is 1. The molecule has 2 fully saturated rings. The highest BCUT2D eigenvalue weighted by Gasteiger charge is 2.33. The molecule has 29 heavy (non-hydrogen) atoms. The Morgan fingerprint density at radius 2 is 1.76 bits per heavy atom. The first kappa shape index (κ1) is 20.2. The van der Waals surface area contributed by atoms with Gasteiger partial charge in [-0.1, -0.05) is 11.6 Å². The Labute approximate surface area is 176 Å². The zero-order chi connectivity index (χ0) is 20.8. The summed E-state index contributed by atoms with van der Waals surface area (Å²) in [6, 6.07) is 7.56. The summed E-state index contributed by atoms with van der Waals surface area (Å²) in [6.45, 7) is 6.44. The van der Waals surface area contributed by atoms with Gasteiger partial charge in [-0.2, -0.15) is 5.10 Å². The number of nitrogens with zero attached hydrogens (tertiary/aromatic N) is 4. The summed E-state index contributed by atoms with van der Waals surface area (Å²) < 4.78 is 25.4. The number of hydrogen-bond donors (Lipinski definition) is 0. The molecule has 4 rings (SSSR count). The SMILES string of the molecule is Cc1nn([C@H]2CCS(=O)(=O)C2)c(C)c1C(=O)N1CCN(c2ccc(Cl)cc2)CC1. The van der Waals surface area contributed by atoms with Crippen LogP contribution in [0.25, 0.3) is 0 Å². The topological polar surface area (TPSA) is 75.5 Å². The van der Waals surface area contributed by atoms with E-state index in [0.29, 0.717) is 35.8 Å². The van der Waals surface area contributed by atoms with Crippen molar-refractivity contribution in [3.8, 4) is 0 Å². The lowest BCUT2D eigenvalue weighted by Gasteiger charge is -2.36. The van der Waals surface area contributed by atoms with Crippen molar-refractivity contribution in [3.05, 3.63) is 46.2 Å². The van der Waals surface area contributed by atoms with Crippen molar-refractivity contribution in [3.63, 3.8) is 0 Å². The van der Waals surface area contributed by atoms with E-state index in [1.54, 1.807) is 4.68 Å². The molecule has 1 aromatic carbocycles. The van der Waals surface area contributed by atoms with E-state index in [1.165, 1.54) is 0 Å². The first-order valence-corrected chi connectivity index (χ1v) is 12.0. The summed E-state index contributed by atoms with van der Waals surface area (Å²) in [4.78, 5) is 17.3. The Morgan fingerprint density at radius 1 is 1.10 bits per heavy atom. The second-order valence-corrected chi connectivity index (χ2v) is 10.5. The number of carbonyl (C=O) groups excluding carboxylic acids is 1. The Bertz CT molecular complexity index is 1020. The maximum Gasteiger partial charge on any atom is 0.257 e. The normalized spacial score (nSPS) is 21.6. The second-order valence-electron chi connectivity index (χ2n) is 7.80. The Balaban J connectivity index is 1.47. The standard InChI is InChI=1S/C20H25ClN4O3S/c1-14-19(15(2)25(22-14)18-7-12-29(27,28)13-18)20(26)24-10-8-23(9-11-24)17-5-3-16(21)4-6-17/h3-6,18H,7-13H2,1-2H3/t18-/m0/s1. The van der Waals surface area contributed by atoms with Crippen LogP contribution in [0.1, 0.15) is 34.2 Å². The minimum absolute atomic E-state index is 0.0251. The molecule has 0 spiro atoms. The van der Waals surface area contributed by atoms with E-state index < -0.39 is 9.84 Å². The van der Waals surface area contributed by atoms with Gasteiger partial charge in [0.15, 0.2) is 9.84 Å². The van der Waals surface area contributed by atoms with Crippen LogP contribution in [0.5, 0.6) is 0 Å². The van der Waals surface area contributed by atoms with Crippen LogP contribution < -0.4 is 4.90 Å². The van der Waals surface area contributed by atoms with E-state index in [9.17, 15) is 13.2 Å². The van der Waals surface area contributed by atoms with Crippen molar-refractivity contribution in [2.24, 2.45) is 0 Å². The van der Waals surface area contributed by atoms with Crippen molar-refractivity contribution in [2.75, 3.05) is 42.6 Å². The van der Waals surface area contributed by atoms with Gasteiger partial charge < -0.3 is 9.80 Å². The number of aromatic nitrogens is 2. The number of benzene rings is 1. The molecule has 156 valence electrons. The highest BCUT2D eigenvalue weighted by molar-refractivity contribution is 7.91. The number of aryl methyl sites for hydroxylation is 1. The van der Waals surface area contributed by atoms with Crippen LogP contribution in [-0.2, 0) is 9.84 Å². The van der Waals surface area contributed by atoms with E-state index in [0.717, 1.165) is 24.5 Å². The third-order valence-corrected chi connectivity index (χ3v) is 7.85. The predicted molar refractivity (Wildman–Crippen MR) is 114 cm³/mol. The van der Waals surface area contributed by atoms with E-state index in [2.05, 4.69) is 10.00 Å². The molecule has 1 atom stereocenters. The van der Waals surface area contributed by atoms with E-state index in [1.807, 2.05) is 43.0 Å². The predicted octanol–water partition coefficient (Wildman–Crippen LogP) is 2.48. The summed E-state index contributed by atoms with van der Waals surface area (Å²) in [5.41, 5.74) is 3.13. The Hall–Kier alpha value is -2.06. The number of hydrogen-bond acceptors (Lipinski definition) is 5. The van der Waals surface area contributed by atoms with Crippen LogP contribution in [0, 0.1) is 13.8 Å². The molecule has 0 radical (unpaired) electrons. The van der Waals surface area contributed by atoms with Gasteiger partial charge in [-0.05, 0) is 44.5 Å². The summed E-state index contributed by atoms with van der Waals surface area (Å²) in [7, 11) is -3.01. The third-order valence-electron chi connectivity index (χ3n) is 5.85. The van der Waals surface area contributed by atoms with Gasteiger partial charge in [0.2, 0.25) is 0 Å². The van der Waals surface area contributed by atoms with E-state index in [4.69, 9.17) is 11.6 Å². The highest BCUT2D eigenvalue weighted by atomic mass is 35.5. The number of piperazine rings is 1. The molecule has 2 aliphatic rings. The van der Waals surface area contributed by atoms with Gasteiger partial charge in [0.25, 0.3) is 5.91 Å². The van der Waals surface area contributed by atoms with Gasteiger partial charge in [0.05, 0.1) is 28.8 Å². The lowest BCUT2D eigenvalue weighted by atomic mass is 10.1. The molecule has 7 nitrogen and oxygen atoms in total. The maximum atomic E-state index is 13.2. The van der Waals surface area contributed by atoms with Crippen LogP contribution in [0.4, 0.5) is 5.69 Å². The molecule has 2 aliphatic heterocycles. The van der Waals surface area contributed by atoms with E-state index in [-0.39, 0.29) is 23.5 Å². The van der Waals surface area contributed by atoms with Gasteiger partial charge >= 0.3 is 0 Å².